The molecule has 6 nitrogen and oxygen atoms in total. The van der Waals surface area contributed by atoms with Crippen LogP contribution >= 0.6 is 0 Å². The number of hydrogen-bond donors (Lipinski definition) is 0. The van der Waals surface area contributed by atoms with Crippen molar-refractivity contribution in [3.8, 4) is 28.4 Å². The van der Waals surface area contributed by atoms with Crippen LogP contribution in [0.1, 0.15) is 96.2 Å². The second kappa shape index (κ2) is 16.6. The van der Waals surface area contributed by atoms with Gasteiger partial charge < -0.3 is 19.2 Å². The number of aliphatic imine (C=N–C) groups is 1. The molecule has 6 aromatic carbocycles. The summed E-state index contributed by atoms with van der Waals surface area (Å²) in [5, 5.41) is 2.33. The molecule has 0 aliphatic carbocycles. The van der Waals surface area contributed by atoms with Crippen LogP contribution in [0.3, 0.4) is 0 Å². The summed E-state index contributed by atoms with van der Waals surface area (Å²) in [5.74, 6) is 1.94. The molecule has 0 radical (unpaired) electrons. The van der Waals surface area contributed by atoms with Crippen molar-refractivity contribution < 1.29 is 25.8 Å². The number of benzene rings is 6. The van der Waals surface area contributed by atoms with Crippen molar-refractivity contribution in [2.24, 2.45) is 4.99 Å². The van der Waals surface area contributed by atoms with Crippen molar-refractivity contribution >= 4 is 33.5 Å². The molecule has 2 aliphatic rings. The molecule has 11 rings (SSSR count). The van der Waals surface area contributed by atoms with Gasteiger partial charge in [-0.2, -0.15) is 6.07 Å². The second-order valence-corrected chi connectivity index (χ2v) is 20.0. The first kappa shape index (κ1) is 45.2. The van der Waals surface area contributed by atoms with Crippen LogP contribution in [0.4, 0.5) is 5.69 Å². The minimum Gasteiger partial charge on any atom is -0.503 e. The van der Waals surface area contributed by atoms with Gasteiger partial charge in [0.05, 0.1) is 28.1 Å². The number of nitrogens with zero attached hydrogens (tertiary/aromatic N) is 5. The Morgan fingerprint density at radius 3 is 1.96 bits per heavy atom. The normalized spacial score (nSPS) is 16.8. The van der Waals surface area contributed by atoms with E-state index in [0.717, 1.165) is 56.2 Å². The summed E-state index contributed by atoms with van der Waals surface area (Å²) in [6, 6.07) is 55.5. The standard InChI is InChI=1S/C61H55N5O.Pt/c1-37-28-40(4)55(41(5)29-37)66-57(64-60(8,9)61(66,10)54(42-20-13-11-14-21-42)43-22-15-12-16-23-43)45-32-44(51-26-17-18-27-62-51)33-46(34-45)67-53-35-52-50(31-39(53)3)59(6,7)49-25-19-24-47-48-30-38(2)36-63-58(48)65(52)56(47)49;/h11-33,36,54H,1-10H3;/q-2;+2/t61-;/m0./s1. The molecule has 9 aromatic rings. The van der Waals surface area contributed by atoms with Gasteiger partial charge in [-0.05, 0) is 105 Å². The van der Waals surface area contributed by atoms with Gasteiger partial charge in [-0.15, -0.1) is 28.8 Å². The topological polar surface area (TPSA) is 55.5 Å². The summed E-state index contributed by atoms with van der Waals surface area (Å²) in [6.45, 7) is 22.4. The Bertz CT molecular complexity index is 3400. The van der Waals surface area contributed by atoms with Crippen molar-refractivity contribution in [2.45, 2.75) is 91.6 Å². The van der Waals surface area contributed by atoms with E-state index in [1.165, 1.54) is 49.8 Å². The average Bonchev–Trinajstić information content (AvgIpc) is 3.74. The van der Waals surface area contributed by atoms with Crippen molar-refractivity contribution in [3.63, 3.8) is 0 Å². The molecular weight excluding hydrogens is 1010 g/mol. The van der Waals surface area contributed by atoms with Gasteiger partial charge >= 0.3 is 21.1 Å². The second-order valence-electron chi connectivity index (χ2n) is 20.0. The van der Waals surface area contributed by atoms with Gasteiger partial charge in [0.1, 0.15) is 5.65 Å². The van der Waals surface area contributed by atoms with E-state index in [9.17, 15) is 0 Å². The van der Waals surface area contributed by atoms with Crippen LogP contribution in [0.15, 0.2) is 151 Å². The Labute approximate surface area is 415 Å². The fraction of sp³-hybridized carbons (Fsp3) is 0.230. The average molecular weight is 1070 g/mol. The number of anilines is 1. The molecule has 2 aliphatic heterocycles. The molecule has 0 saturated carbocycles. The largest absolute Gasteiger partial charge is 2.00 e. The summed E-state index contributed by atoms with van der Waals surface area (Å²) in [7, 11) is 0. The monoisotopic (exact) mass is 1070 g/mol. The molecule has 5 heterocycles. The maximum atomic E-state index is 7.15. The van der Waals surface area contributed by atoms with E-state index >= 15 is 0 Å². The third-order valence-electron chi connectivity index (χ3n) is 14.8. The Morgan fingerprint density at radius 1 is 0.618 bits per heavy atom. The Morgan fingerprint density at radius 2 is 1.29 bits per heavy atom. The minimum atomic E-state index is -0.616. The van der Waals surface area contributed by atoms with Gasteiger partial charge in [0.25, 0.3) is 0 Å². The third-order valence-corrected chi connectivity index (χ3v) is 14.8. The van der Waals surface area contributed by atoms with E-state index < -0.39 is 11.1 Å². The van der Waals surface area contributed by atoms with Crippen LogP contribution < -0.4 is 9.64 Å². The van der Waals surface area contributed by atoms with Crippen molar-refractivity contribution in [2.75, 3.05) is 4.90 Å². The van der Waals surface area contributed by atoms with Crippen molar-refractivity contribution in [1.29, 1.82) is 0 Å². The van der Waals surface area contributed by atoms with Gasteiger partial charge in [0.2, 0.25) is 0 Å². The van der Waals surface area contributed by atoms with Crippen LogP contribution in [0.2, 0.25) is 0 Å². The van der Waals surface area contributed by atoms with Crippen LogP contribution in [-0.4, -0.2) is 31.4 Å². The summed E-state index contributed by atoms with van der Waals surface area (Å²) < 4.78 is 9.44. The van der Waals surface area contributed by atoms with Crippen LogP contribution in [0.5, 0.6) is 11.5 Å². The molecule has 340 valence electrons. The number of ether oxygens (including phenoxy) is 1. The number of fused-ring (bicyclic) bond motifs is 5. The number of rotatable bonds is 8. The summed E-state index contributed by atoms with van der Waals surface area (Å²) in [5.41, 5.74) is 15.8. The first-order valence-electron chi connectivity index (χ1n) is 23.4. The maximum Gasteiger partial charge on any atom is 2.00 e. The summed E-state index contributed by atoms with van der Waals surface area (Å²) in [4.78, 5) is 18.3. The molecule has 0 saturated heterocycles. The number of para-hydroxylation sites is 1. The van der Waals surface area contributed by atoms with Crippen LogP contribution in [0, 0.1) is 46.8 Å². The maximum absolute atomic E-state index is 7.15. The summed E-state index contributed by atoms with van der Waals surface area (Å²) in [6.07, 6.45) is 3.80. The molecule has 0 fully saturated rings. The van der Waals surface area contributed by atoms with Crippen LogP contribution in [0.25, 0.3) is 38.9 Å². The Balaban J connectivity index is 0.00000539. The summed E-state index contributed by atoms with van der Waals surface area (Å²) >= 11 is 0. The molecular formula is C61H55N5OPt. The smallest absolute Gasteiger partial charge is 0.503 e. The fourth-order valence-corrected chi connectivity index (χ4v) is 11.4. The minimum absolute atomic E-state index is 0. The fourth-order valence-electron chi connectivity index (χ4n) is 11.4. The van der Waals surface area contributed by atoms with Gasteiger partial charge in [-0.1, -0.05) is 147 Å². The predicted octanol–water partition coefficient (Wildman–Crippen LogP) is 14.4. The first-order valence-corrected chi connectivity index (χ1v) is 23.4. The van der Waals surface area contributed by atoms with E-state index in [2.05, 4.69) is 206 Å². The van der Waals surface area contributed by atoms with Crippen molar-refractivity contribution in [1.82, 2.24) is 14.5 Å². The van der Waals surface area contributed by atoms with Crippen LogP contribution in [-0.2, 0) is 26.5 Å². The molecule has 0 spiro atoms. The molecule has 68 heavy (non-hydrogen) atoms. The molecule has 3 aromatic heterocycles. The zero-order chi connectivity index (χ0) is 46.6. The predicted molar refractivity (Wildman–Crippen MR) is 274 cm³/mol. The zero-order valence-corrected chi connectivity index (χ0v) is 42.7. The molecule has 0 bridgehead atoms. The first-order chi connectivity index (χ1) is 32.2. The number of aryl methyl sites for hydroxylation is 5. The Kier molecular flexibility index (Phi) is 11.0. The molecule has 1 atom stereocenters. The quantitative estimate of drug-likeness (QED) is 0.142. The van der Waals surface area contributed by atoms with Gasteiger partial charge in [0, 0.05) is 46.3 Å². The van der Waals surface area contributed by atoms with Gasteiger partial charge in [0.15, 0.2) is 0 Å². The molecule has 0 unspecified atom stereocenters. The number of amidine groups is 1. The van der Waals surface area contributed by atoms with E-state index in [1.54, 1.807) is 0 Å². The number of aromatic nitrogens is 3. The van der Waals surface area contributed by atoms with E-state index in [4.69, 9.17) is 19.7 Å². The third kappa shape index (κ3) is 6.97. The number of pyridine rings is 2. The molecule has 0 amide bonds. The van der Waals surface area contributed by atoms with Gasteiger partial charge in [-0.3, -0.25) is 4.98 Å². The Hall–Kier alpha value is -6.62. The SMILES string of the molecule is Cc1cc(C)c(N2C(c3[c-]c(Oc4[c-]c5c(cc4C)C(C)(C)c4cccc6c7cc(C)cnc7n-5c46)cc(-c4ccccn4)c3)=NC(C)(C)[C@]2(C)C(c2ccccc2)c2ccccc2)c(C)c1.[Pt+2]. The molecule has 7 heteroatoms. The van der Waals surface area contributed by atoms with E-state index in [-0.39, 0.29) is 32.4 Å². The van der Waals surface area contributed by atoms with E-state index in [0.29, 0.717) is 11.5 Å². The number of hydrogen-bond acceptors (Lipinski definition) is 5. The van der Waals surface area contributed by atoms with Gasteiger partial charge in [-0.25, -0.2) is 4.98 Å². The van der Waals surface area contributed by atoms with Crippen molar-refractivity contribution in [3.05, 3.63) is 214 Å². The molecule has 0 N–H and O–H groups in total. The van der Waals surface area contributed by atoms with E-state index in [1.807, 2.05) is 30.6 Å². The zero-order valence-electron chi connectivity index (χ0n) is 40.4.